The first-order valence-corrected chi connectivity index (χ1v) is 8.61. The van der Waals surface area contributed by atoms with E-state index in [4.69, 9.17) is 5.73 Å². The third-order valence-corrected chi connectivity index (χ3v) is 6.75. The van der Waals surface area contributed by atoms with Crippen molar-refractivity contribution in [3.63, 3.8) is 0 Å². The number of amides is 1. The molecule has 2 atom stereocenters. The van der Waals surface area contributed by atoms with Crippen LogP contribution in [0.1, 0.15) is 51.9 Å². The van der Waals surface area contributed by atoms with E-state index in [0.29, 0.717) is 17.9 Å². The Morgan fingerprint density at radius 3 is 2.10 bits per heavy atom. The van der Waals surface area contributed by atoms with Crippen LogP contribution in [0.4, 0.5) is 0 Å². The summed E-state index contributed by atoms with van der Waals surface area (Å²) in [6, 6.07) is 0.407. The second-order valence-corrected chi connectivity index (χ2v) is 8.34. The highest BCUT2D eigenvalue weighted by molar-refractivity contribution is 5.84. The highest BCUT2D eigenvalue weighted by Crippen LogP contribution is 2.60. The SMILES string of the molecule is CC1CC(CN)CN1C(=O)C12CC3CC(CC(C3)C1)C2. The second-order valence-electron chi connectivity index (χ2n) is 8.34. The molecule has 3 heteroatoms. The van der Waals surface area contributed by atoms with Crippen molar-refractivity contribution in [2.45, 2.75) is 57.9 Å². The second kappa shape index (κ2) is 4.46. The predicted molar refractivity (Wildman–Crippen MR) is 78.9 cm³/mol. The fraction of sp³-hybridized carbons (Fsp3) is 0.941. The average molecular weight is 276 g/mol. The summed E-state index contributed by atoms with van der Waals surface area (Å²) < 4.78 is 0. The summed E-state index contributed by atoms with van der Waals surface area (Å²) >= 11 is 0. The Bertz CT molecular complexity index is 384. The lowest BCUT2D eigenvalue weighted by Crippen LogP contribution is -2.55. The summed E-state index contributed by atoms with van der Waals surface area (Å²) in [4.78, 5) is 15.5. The van der Waals surface area contributed by atoms with Crippen LogP contribution in [0.25, 0.3) is 0 Å². The smallest absolute Gasteiger partial charge is 0.229 e. The van der Waals surface area contributed by atoms with Gasteiger partial charge in [-0.3, -0.25) is 4.79 Å². The van der Waals surface area contributed by atoms with E-state index in [1.54, 1.807) is 0 Å². The van der Waals surface area contributed by atoms with Crippen molar-refractivity contribution in [1.29, 1.82) is 0 Å². The van der Waals surface area contributed by atoms with E-state index in [1.165, 1.54) is 38.5 Å². The summed E-state index contributed by atoms with van der Waals surface area (Å²) in [5, 5.41) is 0. The standard InChI is InChI=1S/C17H28N2O/c1-11-2-15(9-18)10-19(11)16(20)17-6-12-3-13(7-17)5-14(4-12)8-17/h11-15H,2-10,18H2,1H3. The van der Waals surface area contributed by atoms with Crippen molar-refractivity contribution >= 4 is 5.91 Å². The van der Waals surface area contributed by atoms with Gasteiger partial charge in [-0.05, 0) is 82.1 Å². The predicted octanol–water partition coefficient (Wildman–Crippen LogP) is 2.40. The van der Waals surface area contributed by atoms with Gasteiger partial charge in [0.15, 0.2) is 0 Å². The van der Waals surface area contributed by atoms with Gasteiger partial charge in [0.25, 0.3) is 0 Å². The third kappa shape index (κ3) is 1.85. The Hall–Kier alpha value is -0.570. The van der Waals surface area contributed by atoms with Gasteiger partial charge >= 0.3 is 0 Å². The van der Waals surface area contributed by atoms with Crippen LogP contribution in [0.5, 0.6) is 0 Å². The molecule has 5 fully saturated rings. The molecule has 1 saturated heterocycles. The number of carbonyl (C=O) groups excluding carboxylic acids is 1. The lowest BCUT2D eigenvalue weighted by molar-refractivity contribution is -0.158. The van der Waals surface area contributed by atoms with E-state index in [0.717, 1.165) is 37.3 Å². The van der Waals surface area contributed by atoms with Crippen molar-refractivity contribution in [3.8, 4) is 0 Å². The Balaban J connectivity index is 1.56. The average Bonchev–Trinajstić information content (AvgIpc) is 2.77. The van der Waals surface area contributed by atoms with E-state index in [-0.39, 0.29) is 5.41 Å². The van der Waals surface area contributed by atoms with Gasteiger partial charge in [0, 0.05) is 12.6 Å². The van der Waals surface area contributed by atoms with Gasteiger partial charge < -0.3 is 10.6 Å². The summed E-state index contributed by atoms with van der Waals surface area (Å²) in [7, 11) is 0. The molecule has 4 bridgehead atoms. The van der Waals surface area contributed by atoms with E-state index in [2.05, 4.69) is 11.8 Å². The van der Waals surface area contributed by atoms with Crippen LogP contribution in [0.3, 0.4) is 0 Å². The van der Waals surface area contributed by atoms with Gasteiger partial charge in [-0.15, -0.1) is 0 Å². The van der Waals surface area contributed by atoms with Crippen LogP contribution < -0.4 is 5.73 Å². The molecule has 5 aliphatic rings. The fourth-order valence-corrected chi connectivity index (χ4v) is 6.27. The van der Waals surface area contributed by atoms with Crippen LogP contribution >= 0.6 is 0 Å². The zero-order valence-corrected chi connectivity index (χ0v) is 12.7. The Morgan fingerprint density at radius 2 is 1.65 bits per heavy atom. The molecule has 1 aliphatic heterocycles. The third-order valence-electron chi connectivity index (χ3n) is 6.75. The monoisotopic (exact) mass is 276 g/mol. The van der Waals surface area contributed by atoms with E-state index >= 15 is 0 Å². The first kappa shape index (κ1) is 13.1. The molecule has 112 valence electrons. The van der Waals surface area contributed by atoms with E-state index in [9.17, 15) is 4.79 Å². The molecule has 4 aliphatic carbocycles. The van der Waals surface area contributed by atoms with Crippen LogP contribution in [-0.4, -0.2) is 29.9 Å². The molecule has 2 N–H and O–H groups in total. The number of nitrogens with two attached hydrogens (primary N) is 1. The first-order valence-electron chi connectivity index (χ1n) is 8.61. The topological polar surface area (TPSA) is 46.3 Å². The van der Waals surface area contributed by atoms with Gasteiger partial charge in [-0.25, -0.2) is 0 Å². The van der Waals surface area contributed by atoms with Gasteiger partial charge in [0.05, 0.1) is 5.41 Å². The molecule has 20 heavy (non-hydrogen) atoms. The molecule has 2 unspecified atom stereocenters. The van der Waals surface area contributed by atoms with Gasteiger partial charge in [0.2, 0.25) is 5.91 Å². The zero-order chi connectivity index (χ0) is 13.9. The maximum absolute atomic E-state index is 13.3. The highest BCUT2D eigenvalue weighted by Gasteiger charge is 2.56. The van der Waals surface area contributed by atoms with Crippen LogP contribution in [0, 0.1) is 29.1 Å². The first-order chi connectivity index (χ1) is 9.59. The molecule has 5 rings (SSSR count). The molecule has 1 amide bonds. The Labute approximate surface area is 122 Å². The number of hydrogen-bond acceptors (Lipinski definition) is 2. The maximum atomic E-state index is 13.3. The summed E-state index contributed by atoms with van der Waals surface area (Å²) in [5.41, 5.74) is 5.86. The molecule has 0 spiro atoms. The molecule has 0 aromatic rings. The van der Waals surface area contributed by atoms with E-state index < -0.39 is 0 Å². The van der Waals surface area contributed by atoms with Crippen molar-refractivity contribution in [2.75, 3.05) is 13.1 Å². The molecule has 1 heterocycles. The van der Waals surface area contributed by atoms with Gasteiger partial charge in [-0.2, -0.15) is 0 Å². The maximum Gasteiger partial charge on any atom is 0.229 e. The molecular weight excluding hydrogens is 248 g/mol. The van der Waals surface area contributed by atoms with E-state index in [1.807, 2.05) is 0 Å². The molecular formula is C17H28N2O. The normalized spacial score (nSPS) is 49.9. The van der Waals surface area contributed by atoms with Crippen molar-refractivity contribution in [2.24, 2.45) is 34.8 Å². The van der Waals surface area contributed by atoms with Crippen LogP contribution in [0.2, 0.25) is 0 Å². The van der Waals surface area contributed by atoms with Gasteiger partial charge in [0.1, 0.15) is 0 Å². The fourth-order valence-electron chi connectivity index (χ4n) is 6.27. The quantitative estimate of drug-likeness (QED) is 0.842. The molecule has 3 nitrogen and oxygen atoms in total. The molecule has 0 aromatic carbocycles. The molecule has 4 saturated carbocycles. The van der Waals surface area contributed by atoms with Crippen molar-refractivity contribution in [3.05, 3.63) is 0 Å². The van der Waals surface area contributed by atoms with Crippen LogP contribution in [-0.2, 0) is 4.79 Å². The lowest BCUT2D eigenvalue weighted by atomic mass is 9.49. The number of hydrogen-bond donors (Lipinski definition) is 1. The summed E-state index contributed by atoms with van der Waals surface area (Å²) in [6.45, 7) is 3.86. The number of carbonyl (C=O) groups is 1. The Morgan fingerprint density at radius 1 is 1.10 bits per heavy atom. The molecule has 0 radical (unpaired) electrons. The largest absolute Gasteiger partial charge is 0.339 e. The van der Waals surface area contributed by atoms with Gasteiger partial charge in [-0.1, -0.05) is 0 Å². The summed E-state index contributed by atoms with van der Waals surface area (Å²) in [6.07, 6.45) is 8.90. The van der Waals surface area contributed by atoms with Crippen LogP contribution in [0.15, 0.2) is 0 Å². The summed E-state index contributed by atoms with van der Waals surface area (Å²) in [5.74, 6) is 3.60. The zero-order valence-electron chi connectivity index (χ0n) is 12.7. The minimum absolute atomic E-state index is 0.0342. The number of likely N-dealkylation sites (tertiary alicyclic amines) is 1. The number of nitrogens with zero attached hydrogens (tertiary/aromatic N) is 1. The van der Waals surface area contributed by atoms with Crippen molar-refractivity contribution in [1.82, 2.24) is 4.90 Å². The minimum Gasteiger partial charge on any atom is -0.339 e. The lowest BCUT2D eigenvalue weighted by Gasteiger charge is -2.56. The Kier molecular flexibility index (Phi) is 2.93. The minimum atomic E-state index is 0.0342. The van der Waals surface area contributed by atoms with Crippen molar-refractivity contribution < 1.29 is 4.79 Å². The number of rotatable bonds is 2. The highest BCUT2D eigenvalue weighted by atomic mass is 16.2. The molecule has 0 aromatic heterocycles.